The van der Waals surface area contributed by atoms with Crippen molar-refractivity contribution in [1.82, 2.24) is 14.8 Å². The summed E-state index contributed by atoms with van der Waals surface area (Å²) in [5.74, 6) is 0.0318. The van der Waals surface area contributed by atoms with Crippen LogP contribution in [-0.2, 0) is 11.3 Å². The number of rotatable bonds is 5. The first-order valence-electron chi connectivity index (χ1n) is 5.24. The van der Waals surface area contributed by atoms with E-state index in [0.29, 0.717) is 5.82 Å². The van der Waals surface area contributed by atoms with Gasteiger partial charge >= 0.3 is 6.33 Å². The zero-order chi connectivity index (χ0) is 14.5. The lowest BCUT2D eigenvalue weighted by molar-refractivity contribution is -0.738. The zero-order valence-electron chi connectivity index (χ0n) is 9.88. The van der Waals surface area contributed by atoms with Crippen LogP contribution in [0.4, 0.5) is 5.82 Å². The van der Waals surface area contributed by atoms with Gasteiger partial charge in [0.05, 0.1) is 0 Å². The molecule has 104 valence electrons. The van der Waals surface area contributed by atoms with Crippen molar-refractivity contribution in [2.45, 2.75) is 6.54 Å². The van der Waals surface area contributed by atoms with Crippen LogP contribution in [0.3, 0.4) is 0 Å². The van der Waals surface area contributed by atoms with Crippen molar-refractivity contribution in [3.8, 4) is 0 Å². The Bertz CT molecular complexity index is 627. The van der Waals surface area contributed by atoms with Crippen LogP contribution in [0.2, 0.25) is 0 Å². The lowest BCUT2D eigenvalue weighted by Gasteiger charge is -2.07. The van der Waals surface area contributed by atoms with Gasteiger partial charge in [-0.1, -0.05) is 0 Å². The number of halogens is 1. The summed E-state index contributed by atoms with van der Waals surface area (Å²) in [7, 11) is 0. The van der Waals surface area contributed by atoms with Crippen molar-refractivity contribution in [3.63, 3.8) is 0 Å². The van der Waals surface area contributed by atoms with E-state index in [9.17, 15) is 14.9 Å². The van der Waals surface area contributed by atoms with Crippen LogP contribution in [-0.4, -0.2) is 25.7 Å². The van der Waals surface area contributed by atoms with Crippen LogP contribution in [0.5, 0.6) is 0 Å². The number of carbonyl (C=O) groups is 1. The molecule has 0 saturated carbocycles. The van der Waals surface area contributed by atoms with Gasteiger partial charge in [-0.3, -0.25) is 10.3 Å². The molecule has 0 bridgehead atoms. The summed E-state index contributed by atoms with van der Waals surface area (Å²) in [5, 5.41) is 15.6. The largest absolute Gasteiger partial charge is 0.373 e. The summed E-state index contributed by atoms with van der Waals surface area (Å²) in [6, 6.07) is 3.37. The topological polar surface area (TPSA) is 121 Å². The van der Waals surface area contributed by atoms with Crippen molar-refractivity contribution >= 4 is 27.7 Å². The molecule has 10 nitrogen and oxygen atoms in total. The van der Waals surface area contributed by atoms with E-state index in [0.717, 1.165) is 15.5 Å². The van der Waals surface area contributed by atoms with E-state index in [1.807, 2.05) is 0 Å². The lowest BCUT2D eigenvalue weighted by Crippen LogP contribution is -2.29. The third-order valence-corrected chi connectivity index (χ3v) is 2.52. The van der Waals surface area contributed by atoms with Gasteiger partial charge in [0.25, 0.3) is 12.2 Å². The summed E-state index contributed by atoms with van der Waals surface area (Å²) >= 11 is 3.23. The minimum absolute atomic E-state index is 0.113. The van der Waals surface area contributed by atoms with Crippen LogP contribution in [0.1, 0.15) is 0 Å². The van der Waals surface area contributed by atoms with E-state index < -0.39 is 5.03 Å². The number of hydrogen-bond donors (Lipinski definition) is 1. The average Bonchev–Trinajstić information content (AvgIpc) is 2.78. The molecule has 0 aliphatic rings. The van der Waals surface area contributed by atoms with Gasteiger partial charge < -0.3 is 15.4 Å². The minimum Gasteiger partial charge on any atom is -0.373 e. The van der Waals surface area contributed by atoms with Gasteiger partial charge in [0.1, 0.15) is 10.9 Å². The molecule has 0 fully saturated rings. The molecule has 0 aliphatic heterocycles. The van der Waals surface area contributed by atoms with E-state index in [1.165, 1.54) is 11.0 Å². The smallest absolute Gasteiger partial charge is 0.332 e. The molecule has 2 heterocycles. The van der Waals surface area contributed by atoms with E-state index >= 15 is 0 Å². The number of nitro groups is 1. The van der Waals surface area contributed by atoms with E-state index in [4.69, 9.17) is 0 Å². The number of pyridine rings is 1. The van der Waals surface area contributed by atoms with Gasteiger partial charge in [0, 0.05) is 10.7 Å². The number of amides is 1. The van der Waals surface area contributed by atoms with E-state index in [1.54, 1.807) is 18.3 Å². The molecule has 2 aromatic heterocycles. The van der Waals surface area contributed by atoms with Crippen molar-refractivity contribution in [1.29, 1.82) is 0 Å². The van der Waals surface area contributed by atoms with Gasteiger partial charge in [-0.05, 0) is 32.7 Å². The summed E-state index contributed by atoms with van der Waals surface area (Å²) in [6.07, 6.45) is 3.89. The standard InChI is InChI=1S/C9H8BrN7O3/c10-7-1-2-8(11-3-7)13-9(18)4-15-6-16(5-12-15)14-17(19)20/h1-3,5-6H,4H2,(H,11,13,18). The monoisotopic (exact) mass is 341 g/mol. The molecule has 0 aromatic carbocycles. The molecule has 1 amide bonds. The molecule has 0 unspecified atom stereocenters. The van der Waals surface area contributed by atoms with Crippen LogP contribution >= 0.6 is 15.9 Å². The Morgan fingerprint density at radius 1 is 1.60 bits per heavy atom. The second-order valence-electron chi connectivity index (χ2n) is 3.56. The number of carbonyl (C=O) groups excluding carboxylic acids is 1. The quantitative estimate of drug-likeness (QED) is 0.476. The fourth-order valence-corrected chi connectivity index (χ4v) is 1.54. The zero-order valence-corrected chi connectivity index (χ0v) is 11.5. The van der Waals surface area contributed by atoms with E-state index in [2.05, 4.69) is 36.9 Å². The number of nitrogens with zero attached hydrogens (tertiary/aromatic N) is 6. The number of aromatic nitrogens is 4. The Morgan fingerprint density at radius 3 is 3.05 bits per heavy atom. The molecule has 0 saturated heterocycles. The molecule has 0 atom stereocenters. The molecule has 11 heteroatoms. The van der Waals surface area contributed by atoms with Crippen molar-refractivity contribution in [2.24, 2.45) is 0 Å². The molecule has 0 spiro atoms. The molecule has 0 aliphatic carbocycles. The summed E-state index contributed by atoms with van der Waals surface area (Å²) < 4.78 is 2.90. The Morgan fingerprint density at radius 2 is 2.40 bits per heavy atom. The third-order valence-electron chi connectivity index (χ3n) is 2.05. The highest BCUT2D eigenvalue weighted by atomic mass is 79.9. The van der Waals surface area contributed by atoms with E-state index in [-0.39, 0.29) is 12.5 Å². The summed E-state index contributed by atoms with van der Waals surface area (Å²) in [6.45, 7) is -0.113. The van der Waals surface area contributed by atoms with Crippen LogP contribution in [0.25, 0.3) is 5.53 Å². The second kappa shape index (κ2) is 6.06. The van der Waals surface area contributed by atoms with Gasteiger partial charge in [-0.2, -0.15) is 0 Å². The van der Waals surface area contributed by atoms with Crippen molar-refractivity contribution in [3.05, 3.63) is 51.1 Å². The predicted octanol–water partition coefficient (Wildman–Crippen LogP) is 0.295. The first-order chi connectivity index (χ1) is 9.52. The Hall–Kier alpha value is -2.56. The molecule has 2 aromatic rings. The first-order valence-corrected chi connectivity index (χ1v) is 6.03. The highest BCUT2D eigenvalue weighted by Crippen LogP contribution is 2.10. The summed E-state index contributed by atoms with van der Waals surface area (Å²) in [4.78, 5) is 25.8. The van der Waals surface area contributed by atoms with Gasteiger partial charge in [-0.25, -0.2) is 9.66 Å². The molecular weight excluding hydrogens is 334 g/mol. The van der Waals surface area contributed by atoms with Gasteiger partial charge in [0.2, 0.25) is 6.54 Å². The maximum absolute atomic E-state index is 11.7. The average molecular weight is 342 g/mol. The van der Waals surface area contributed by atoms with Crippen molar-refractivity contribution < 1.29 is 14.5 Å². The number of anilines is 1. The number of hydrogen-bond acceptors (Lipinski definition) is 5. The Balaban J connectivity index is 1.92. The highest BCUT2D eigenvalue weighted by molar-refractivity contribution is 9.10. The number of nitrogens with one attached hydrogen (secondary N) is 1. The molecule has 2 rings (SSSR count). The molecule has 1 N–H and O–H groups in total. The lowest BCUT2D eigenvalue weighted by atomic mass is 10.4. The minimum atomic E-state index is -0.863. The van der Waals surface area contributed by atoms with Crippen LogP contribution < -0.4 is 9.99 Å². The Labute approximate surface area is 120 Å². The maximum Gasteiger partial charge on any atom is 0.332 e. The fraction of sp³-hybridized carbons (Fsp3) is 0.111. The fourth-order valence-electron chi connectivity index (χ4n) is 1.31. The van der Waals surface area contributed by atoms with Gasteiger partial charge in [0.15, 0.2) is 0 Å². The predicted molar refractivity (Wildman–Crippen MR) is 68.7 cm³/mol. The second-order valence-corrected chi connectivity index (χ2v) is 4.48. The molecular formula is C9H8BrN7O3. The van der Waals surface area contributed by atoms with Crippen molar-refractivity contribution in [2.75, 3.05) is 5.32 Å². The van der Waals surface area contributed by atoms with Crippen LogP contribution in [0.15, 0.2) is 35.5 Å². The highest BCUT2D eigenvalue weighted by Gasteiger charge is 2.13. The SMILES string of the molecule is O=C(Cn1c[n+]([N-][N+](=O)[O-])cn1)Nc1ccc(Br)cn1. The maximum atomic E-state index is 11.7. The normalized spacial score (nSPS) is 10.1. The Kier molecular flexibility index (Phi) is 4.20. The molecule has 0 radical (unpaired) electrons. The first kappa shape index (κ1) is 13.9. The van der Waals surface area contributed by atoms with Crippen LogP contribution in [0, 0.1) is 10.1 Å². The van der Waals surface area contributed by atoms with Gasteiger partial charge in [-0.15, -0.1) is 5.03 Å². The summed E-state index contributed by atoms with van der Waals surface area (Å²) in [5.41, 5.74) is 2.99. The third kappa shape index (κ3) is 3.98. The molecule has 20 heavy (non-hydrogen) atoms.